The minimum absolute atomic E-state index is 0.0912. The van der Waals surface area contributed by atoms with Crippen LogP contribution in [0.25, 0.3) is 0 Å². The Bertz CT molecular complexity index is 528. The van der Waals surface area contributed by atoms with Gasteiger partial charge >= 0.3 is 0 Å². The molecular formula is C9H7Cl2N5O. The third-order valence-electron chi connectivity index (χ3n) is 1.98. The Morgan fingerprint density at radius 2 is 2.24 bits per heavy atom. The lowest BCUT2D eigenvalue weighted by Gasteiger charge is -2.04. The Kier molecular flexibility index (Phi) is 3.55. The summed E-state index contributed by atoms with van der Waals surface area (Å²) in [6.07, 6.45) is 0.0912. The van der Waals surface area contributed by atoms with E-state index in [0.717, 1.165) is 0 Å². The highest BCUT2D eigenvalue weighted by Gasteiger charge is 2.10. The first-order valence-electron chi connectivity index (χ1n) is 4.63. The summed E-state index contributed by atoms with van der Waals surface area (Å²) < 4.78 is 0. The molecule has 6 nitrogen and oxygen atoms in total. The molecule has 2 N–H and O–H groups in total. The van der Waals surface area contributed by atoms with Gasteiger partial charge in [0.15, 0.2) is 0 Å². The minimum atomic E-state index is -0.296. The number of aromatic nitrogens is 4. The predicted molar refractivity (Wildman–Crippen MR) is 63.0 cm³/mol. The number of nitrogens with zero attached hydrogens (tertiary/aromatic N) is 3. The number of tetrazole rings is 1. The molecular weight excluding hydrogens is 265 g/mol. The van der Waals surface area contributed by atoms with Crippen LogP contribution in [0.3, 0.4) is 0 Å². The summed E-state index contributed by atoms with van der Waals surface area (Å²) in [5, 5.41) is 16.0. The van der Waals surface area contributed by atoms with E-state index in [4.69, 9.17) is 23.2 Å². The summed E-state index contributed by atoms with van der Waals surface area (Å²) in [5.41, 5.74) is 0.639. The molecule has 0 radical (unpaired) electrons. The number of carbonyl (C=O) groups is 1. The lowest BCUT2D eigenvalue weighted by molar-refractivity contribution is -0.115. The van der Waals surface area contributed by atoms with Crippen molar-refractivity contribution in [3.63, 3.8) is 0 Å². The van der Waals surface area contributed by atoms with Crippen molar-refractivity contribution >= 4 is 35.1 Å². The third-order valence-corrected chi connectivity index (χ3v) is 2.84. The molecule has 17 heavy (non-hydrogen) atoms. The summed E-state index contributed by atoms with van der Waals surface area (Å²) in [7, 11) is 0. The number of amides is 1. The average Bonchev–Trinajstić information content (AvgIpc) is 2.77. The van der Waals surface area contributed by atoms with Crippen molar-refractivity contribution in [2.24, 2.45) is 0 Å². The van der Waals surface area contributed by atoms with Gasteiger partial charge in [0.05, 0.1) is 16.5 Å². The van der Waals surface area contributed by atoms with Gasteiger partial charge in [-0.1, -0.05) is 40.4 Å². The summed E-state index contributed by atoms with van der Waals surface area (Å²) in [4.78, 5) is 11.6. The zero-order valence-electron chi connectivity index (χ0n) is 8.44. The number of carbonyl (C=O) groups excluding carboxylic acids is 1. The maximum atomic E-state index is 11.6. The number of hydrogen-bond acceptors (Lipinski definition) is 4. The Hall–Kier alpha value is -1.66. The zero-order chi connectivity index (χ0) is 12.3. The Labute approximate surface area is 106 Å². The fraction of sp³-hybridized carbons (Fsp3) is 0.111. The second-order valence-electron chi connectivity index (χ2n) is 3.17. The van der Waals surface area contributed by atoms with Gasteiger partial charge in [0.2, 0.25) is 5.91 Å². The van der Waals surface area contributed by atoms with E-state index in [2.05, 4.69) is 25.9 Å². The first-order valence-corrected chi connectivity index (χ1v) is 5.38. The first kappa shape index (κ1) is 11.8. The lowest BCUT2D eigenvalue weighted by atomic mass is 10.1. The molecule has 2 rings (SSSR count). The molecule has 0 aliphatic carbocycles. The van der Waals surface area contributed by atoms with Gasteiger partial charge in [-0.3, -0.25) is 10.1 Å². The van der Waals surface area contributed by atoms with E-state index in [1.54, 1.807) is 18.2 Å². The van der Waals surface area contributed by atoms with Gasteiger partial charge in [0.1, 0.15) is 0 Å². The van der Waals surface area contributed by atoms with Crippen molar-refractivity contribution in [1.82, 2.24) is 20.6 Å². The van der Waals surface area contributed by atoms with Crippen LogP contribution < -0.4 is 5.32 Å². The second-order valence-corrected chi connectivity index (χ2v) is 3.96. The summed E-state index contributed by atoms with van der Waals surface area (Å²) in [5.74, 6) is -0.177. The normalized spacial score (nSPS) is 10.2. The molecule has 0 bridgehead atoms. The maximum Gasteiger partial charge on any atom is 0.269 e. The predicted octanol–water partition coefficient (Wildman–Crippen LogP) is 1.69. The van der Waals surface area contributed by atoms with Gasteiger partial charge in [0, 0.05) is 0 Å². The highest BCUT2D eigenvalue weighted by Crippen LogP contribution is 2.25. The molecule has 0 unspecified atom stereocenters. The van der Waals surface area contributed by atoms with E-state index in [9.17, 15) is 4.79 Å². The van der Waals surface area contributed by atoms with Crippen LogP contribution in [-0.4, -0.2) is 26.5 Å². The van der Waals surface area contributed by atoms with E-state index in [-0.39, 0.29) is 18.3 Å². The fourth-order valence-corrected chi connectivity index (χ4v) is 1.63. The maximum absolute atomic E-state index is 11.6. The molecule has 1 amide bonds. The molecule has 0 aliphatic rings. The number of halogens is 2. The molecule has 0 saturated heterocycles. The van der Waals surface area contributed by atoms with E-state index in [1.165, 1.54) is 0 Å². The summed E-state index contributed by atoms with van der Waals surface area (Å²) in [6, 6.07) is 5.11. The largest absolute Gasteiger partial charge is 0.292 e. The van der Waals surface area contributed by atoms with Crippen LogP contribution in [0.1, 0.15) is 5.56 Å². The zero-order valence-corrected chi connectivity index (χ0v) is 9.96. The Morgan fingerprint density at radius 3 is 2.94 bits per heavy atom. The highest BCUT2D eigenvalue weighted by molar-refractivity contribution is 6.42. The molecule has 0 atom stereocenters. The van der Waals surface area contributed by atoms with Crippen LogP contribution in [0.4, 0.5) is 5.95 Å². The summed E-state index contributed by atoms with van der Waals surface area (Å²) >= 11 is 11.8. The molecule has 1 aromatic carbocycles. The second kappa shape index (κ2) is 5.11. The number of rotatable bonds is 3. The molecule has 2 aromatic rings. The van der Waals surface area contributed by atoms with Crippen LogP contribution >= 0.6 is 23.2 Å². The highest BCUT2D eigenvalue weighted by atomic mass is 35.5. The van der Waals surface area contributed by atoms with Gasteiger partial charge in [0.25, 0.3) is 5.95 Å². The van der Waals surface area contributed by atoms with Crippen molar-refractivity contribution in [1.29, 1.82) is 0 Å². The number of aromatic amines is 1. The van der Waals surface area contributed by atoms with Crippen LogP contribution in [0.15, 0.2) is 18.2 Å². The van der Waals surface area contributed by atoms with Crippen molar-refractivity contribution in [3.8, 4) is 0 Å². The smallest absolute Gasteiger partial charge is 0.269 e. The summed E-state index contributed by atoms with van der Waals surface area (Å²) in [6.45, 7) is 0. The van der Waals surface area contributed by atoms with Gasteiger partial charge < -0.3 is 0 Å². The molecule has 88 valence electrons. The van der Waals surface area contributed by atoms with Crippen LogP contribution in [0.2, 0.25) is 10.0 Å². The van der Waals surface area contributed by atoms with Gasteiger partial charge in [-0.15, -0.1) is 5.10 Å². The number of nitrogens with one attached hydrogen (secondary N) is 2. The number of benzene rings is 1. The number of anilines is 1. The third kappa shape index (κ3) is 2.92. The van der Waals surface area contributed by atoms with Crippen molar-refractivity contribution in [3.05, 3.63) is 33.8 Å². The fourth-order valence-electron chi connectivity index (χ4n) is 1.24. The quantitative estimate of drug-likeness (QED) is 0.890. The van der Waals surface area contributed by atoms with E-state index < -0.39 is 0 Å². The van der Waals surface area contributed by atoms with Crippen LogP contribution in [0.5, 0.6) is 0 Å². The molecule has 0 spiro atoms. The molecule has 0 saturated carbocycles. The molecule has 0 aliphatic heterocycles. The SMILES string of the molecule is O=C(Cc1cccc(Cl)c1Cl)Nc1nn[nH]n1. The van der Waals surface area contributed by atoms with Crippen LogP contribution in [-0.2, 0) is 11.2 Å². The van der Waals surface area contributed by atoms with Gasteiger partial charge in [-0.05, 0) is 16.8 Å². The van der Waals surface area contributed by atoms with Crippen LogP contribution in [0, 0.1) is 0 Å². The van der Waals surface area contributed by atoms with Crippen molar-refractivity contribution < 1.29 is 4.79 Å². The van der Waals surface area contributed by atoms with Gasteiger partial charge in [-0.2, -0.15) is 5.21 Å². The molecule has 0 fully saturated rings. The minimum Gasteiger partial charge on any atom is -0.292 e. The Balaban J connectivity index is 2.06. The monoisotopic (exact) mass is 271 g/mol. The molecule has 1 heterocycles. The average molecular weight is 272 g/mol. The standard InChI is InChI=1S/C9H7Cl2N5O/c10-6-3-1-2-5(8(6)11)4-7(17)12-9-13-15-16-14-9/h1-3H,4H2,(H2,12,13,14,15,16,17). The van der Waals surface area contributed by atoms with E-state index >= 15 is 0 Å². The lowest BCUT2D eigenvalue weighted by Crippen LogP contribution is -2.15. The van der Waals surface area contributed by atoms with Gasteiger partial charge in [-0.25, -0.2) is 0 Å². The van der Waals surface area contributed by atoms with E-state index in [0.29, 0.717) is 15.6 Å². The Morgan fingerprint density at radius 1 is 1.41 bits per heavy atom. The molecule has 1 aromatic heterocycles. The molecule has 8 heteroatoms. The number of hydrogen-bond donors (Lipinski definition) is 2. The number of H-pyrrole nitrogens is 1. The van der Waals surface area contributed by atoms with Crippen molar-refractivity contribution in [2.75, 3.05) is 5.32 Å². The van der Waals surface area contributed by atoms with Crippen molar-refractivity contribution in [2.45, 2.75) is 6.42 Å². The van der Waals surface area contributed by atoms with E-state index in [1.807, 2.05) is 0 Å². The topological polar surface area (TPSA) is 83.6 Å². The first-order chi connectivity index (χ1) is 8.16.